The Morgan fingerprint density at radius 1 is 1.44 bits per heavy atom. The normalized spacial score (nSPS) is 20.2. The maximum absolute atomic E-state index is 10.1. The summed E-state index contributed by atoms with van der Waals surface area (Å²) in [6.45, 7) is 3.18. The molecule has 2 rings (SSSR count). The van der Waals surface area contributed by atoms with Crippen LogP contribution >= 0.6 is 15.9 Å². The van der Waals surface area contributed by atoms with Crippen LogP contribution in [0.3, 0.4) is 0 Å². The second kappa shape index (κ2) is 5.19. The number of hydrogen-bond donors (Lipinski definition) is 2. The lowest BCUT2D eigenvalue weighted by Gasteiger charge is -2.14. The lowest BCUT2D eigenvalue weighted by atomic mass is 10.00. The van der Waals surface area contributed by atoms with Crippen molar-refractivity contribution in [3.05, 3.63) is 27.7 Å². The fourth-order valence-electron chi connectivity index (χ4n) is 2.34. The number of aromatic hydroxyl groups is 1. The van der Waals surface area contributed by atoms with Crippen molar-refractivity contribution in [2.75, 3.05) is 6.54 Å². The Kier molecular flexibility index (Phi) is 3.87. The van der Waals surface area contributed by atoms with Gasteiger partial charge in [-0.3, -0.25) is 0 Å². The van der Waals surface area contributed by atoms with E-state index in [9.17, 15) is 5.11 Å². The van der Waals surface area contributed by atoms with Gasteiger partial charge < -0.3 is 10.4 Å². The van der Waals surface area contributed by atoms with Gasteiger partial charge in [0.1, 0.15) is 5.75 Å². The third-order valence-corrected chi connectivity index (χ3v) is 3.70. The number of phenols is 1. The molecule has 1 saturated heterocycles. The molecule has 0 amide bonds. The highest BCUT2D eigenvalue weighted by Crippen LogP contribution is 2.29. The quantitative estimate of drug-likeness (QED) is 0.894. The molecule has 1 heterocycles. The van der Waals surface area contributed by atoms with E-state index < -0.39 is 0 Å². The summed E-state index contributed by atoms with van der Waals surface area (Å²) < 4.78 is 1.06. The molecule has 1 fully saturated rings. The predicted octanol–water partition coefficient (Wildman–Crippen LogP) is 3.01. The van der Waals surface area contributed by atoms with Gasteiger partial charge in [-0.2, -0.15) is 0 Å². The van der Waals surface area contributed by atoms with E-state index in [1.165, 1.54) is 12.8 Å². The van der Waals surface area contributed by atoms with E-state index in [1.807, 2.05) is 12.1 Å². The highest BCUT2D eigenvalue weighted by molar-refractivity contribution is 9.10. The first-order valence-corrected chi connectivity index (χ1v) is 6.73. The second-order valence-electron chi connectivity index (χ2n) is 4.42. The lowest BCUT2D eigenvalue weighted by Crippen LogP contribution is -2.23. The van der Waals surface area contributed by atoms with Crippen LogP contribution in [0, 0.1) is 0 Å². The van der Waals surface area contributed by atoms with Crippen molar-refractivity contribution in [2.45, 2.75) is 38.6 Å². The molecule has 88 valence electrons. The van der Waals surface area contributed by atoms with Crippen molar-refractivity contribution in [1.82, 2.24) is 5.32 Å². The van der Waals surface area contributed by atoms with Gasteiger partial charge in [0, 0.05) is 10.5 Å². The van der Waals surface area contributed by atoms with Gasteiger partial charge in [-0.15, -0.1) is 0 Å². The molecule has 2 N–H and O–H groups in total. The molecule has 0 bridgehead atoms. The first kappa shape index (κ1) is 11.9. The zero-order chi connectivity index (χ0) is 11.5. The fraction of sp³-hybridized carbons (Fsp3) is 0.538. The summed E-state index contributed by atoms with van der Waals surface area (Å²) in [4.78, 5) is 0. The van der Waals surface area contributed by atoms with Gasteiger partial charge in [-0.05, 0) is 55.5 Å². The number of rotatable bonds is 3. The second-order valence-corrected chi connectivity index (χ2v) is 5.34. The lowest BCUT2D eigenvalue weighted by molar-refractivity contribution is 0.455. The van der Waals surface area contributed by atoms with Gasteiger partial charge in [0.05, 0.1) is 0 Å². The van der Waals surface area contributed by atoms with E-state index in [2.05, 4.69) is 28.2 Å². The van der Waals surface area contributed by atoms with Crippen LogP contribution in [0.5, 0.6) is 5.75 Å². The Morgan fingerprint density at radius 3 is 2.81 bits per heavy atom. The number of phenolic OH excluding ortho intramolecular Hbond substituents is 1. The summed E-state index contributed by atoms with van der Waals surface area (Å²) in [5.41, 5.74) is 2.09. The van der Waals surface area contributed by atoms with Crippen molar-refractivity contribution >= 4 is 15.9 Å². The highest BCUT2D eigenvalue weighted by atomic mass is 79.9. The van der Waals surface area contributed by atoms with Gasteiger partial charge in [0.15, 0.2) is 0 Å². The number of hydrogen-bond acceptors (Lipinski definition) is 2. The van der Waals surface area contributed by atoms with Crippen molar-refractivity contribution < 1.29 is 5.11 Å². The molecule has 0 aromatic heterocycles. The molecule has 1 unspecified atom stereocenters. The standard InChI is InChI=1S/C13H18BrNO/c1-2-9-6-11(14)7-10(13(9)16)8-12-4-3-5-15-12/h6-7,12,15-16H,2-5,8H2,1H3. The van der Waals surface area contributed by atoms with Gasteiger partial charge in [0.2, 0.25) is 0 Å². The van der Waals surface area contributed by atoms with Gasteiger partial charge >= 0.3 is 0 Å². The summed E-state index contributed by atoms with van der Waals surface area (Å²) in [6.07, 6.45) is 4.27. The molecule has 0 radical (unpaired) electrons. The molecular formula is C13H18BrNO. The molecule has 1 aromatic rings. The molecule has 1 aliphatic heterocycles. The maximum atomic E-state index is 10.1. The number of nitrogens with one attached hydrogen (secondary N) is 1. The Morgan fingerprint density at radius 2 is 2.19 bits per heavy atom. The average molecular weight is 284 g/mol. The Hall–Kier alpha value is -0.540. The minimum atomic E-state index is 0.486. The van der Waals surface area contributed by atoms with Crippen LogP contribution in [0.15, 0.2) is 16.6 Å². The SMILES string of the molecule is CCc1cc(Br)cc(CC2CCCN2)c1O. The Balaban J connectivity index is 2.21. The van der Waals surface area contributed by atoms with E-state index in [0.29, 0.717) is 11.8 Å². The smallest absolute Gasteiger partial charge is 0.122 e. The zero-order valence-corrected chi connectivity index (χ0v) is 11.2. The van der Waals surface area contributed by atoms with E-state index >= 15 is 0 Å². The van der Waals surface area contributed by atoms with Crippen molar-refractivity contribution in [3.63, 3.8) is 0 Å². The van der Waals surface area contributed by atoms with Crippen LogP contribution in [0.1, 0.15) is 30.9 Å². The fourth-order valence-corrected chi connectivity index (χ4v) is 2.89. The molecule has 0 saturated carbocycles. The van der Waals surface area contributed by atoms with Crippen molar-refractivity contribution in [2.24, 2.45) is 0 Å². The van der Waals surface area contributed by atoms with Crippen LogP contribution in [0.2, 0.25) is 0 Å². The van der Waals surface area contributed by atoms with Crippen LogP contribution in [0.25, 0.3) is 0 Å². The summed E-state index contributed by atoms with van der Waals surface area (Å²) in [7, 11) is 0. The average Bonchev–Trinajstić information content (AvgIpc) is 2.75. The largest absolute Gasteiger partial charge is 0.507 e. The maximum Gasteiger partial charge on any atom is 0.122 e. The van der Waals surface area contributed by atoms with E-state index in [1.54, 1.807) is 0 Å². The molecule has 0 aliphatic carbocycles. The van der Waals surface area contributed by atoms with Crippen LogP contribution in [0.4, 0.5) is 0 Å². The molecule has 0 spiro atoms. The van der Waals surface area contributed by atoms with Gasteiger partial charge in [-0.25, -0.2) is 0 Å². The summed E-state index contributed by atoms with van der Waals surface area (Å²) in [5.74, 6) is 0.486. The van der Waals surface area contributed by atoms with Crippen LogP contribution < -0.4 is 5.32 Å². The summed E-state index contributed by atoms with van der Waals surface area (Å²) >= 11 is 3.51. The van der Waals surface area contributed by atoms with Crippen molar-refractivity contribution in [3.8, 4) is 5.75 Å². The third kappa shape index (κ3) is 2.58. The molecule has 16 heavy (non-hydrogen) atoms. The number of benzene rings is 1. The van der Waals surface area contributed by atoms with E-state index in [-0.39, 0.29) is 0 Å². The van der Waals surface area contributed by atoms with E-state index in [4.69, 9.17) is 0 Å². The summed E-state index contributed by atoms with van der Waals surface area (Å²) in [6, 6.07) is 4.57. The van der Waals surface area contributed by atoms with E-state index in [0.717, 1.165) is 35.0 Å². The van der Waals surface area contributed by atoms with Gasteiger partial charge in [-0.1, -0.05) is 22.9 Å². The molecule has 2 nitrogen and oxygen atoms in total. The first-order chi connectivity index (χ1) is 7.70. The molecule has 1 atom stereocenters. The molecule has 3 heteroatoms. The zero-order valence-electron chi connectivity index (χ0n) is 9.59. The Labute approximate surface area is 105 Å². The monoisotopic (exact) mass is 283 g/mol. The molecule has 1 aliphatic rings. The third-order valence-electron chi connectivity index (χ3n) is 3.24. The van der Waals surface area contributed by atoms with Crippen molar-refractivity contribution in [1.29, 1.82) is 0 Å². The number of aryl methyl sites for hydroxylation is 1. The Bertz CT molecular complexity index is 372. The van der Waals surface area contributed by atoms with Gasteiger partial charge in [0.25, 0.3) is 0 Å². The molecular weight excluding hydrogens is 266 g/mol. The minimum absolute atomic E-state index is 0.486. The highest BCUT2D eigenvalue weighted by Gasteiger charge is 2.17. The van der Waals surface area contributed by atoms with Crippen LogP contribution in [-0.2, 0) is 12.8 Å². The topological polar surface area (TPSA) is 32.3 Å². The number of halogens is 1. The molecule has 1 aromatic carbocycles. The predicted molar refractivity (Wildman–Crippen MR) is 69.9 cm³/mol. The summed E-state index contributed by atoms with van der Waals surface area (Å²) in [5, 5.41) is 13.6. The van der Waals surface area contributed by atoms with Crippen LogP contribution in [-0.4, -0.2) is 17.7 Å². The minimum Gasteiger partial charge on any atom is -0.507 e. The first-order valence-electron chi connectivity index (χ1n) is 5.94.